The summed E-state index contributed by atoms with van der Waals surface area (Å²) >= 11 is 0. The highest BCUT2D eigenvalue weighted by molar-refractivity contribution is 5.99. The quantitative estimate of drug-likeness (QED) is 0.748. The maximum absolute atomic E-state index is 13.0. The molecule has 0 spiro atoms. The van der Waals surface area contributed by atoms with Crippen LogP contribution in [-0.2, 0) is 11.3 Å². The van der Waals surface area contributed by atoms with Crippen molar-refractivity contribution >= 4 is 11.8 Å². The molecule has 1 saturated heterocycles. The van der Waals surface area contributed by atoms with Crippen LogP contribution in [0.3, 0.4) is 0 Å². The summed E-state index contributed by atoms with van der Waals surface area (Å²) in [6, 6.07) is 0.240. The molecular formula is C23H33N3O4. The standard InChI is InChI=1S/C23H33N3O4/c27-21-19(22(28)24-16-7-4-2-1-3-5-8-16)14-26(13-18-9-6-12-30-18)15-20(21)23(29)25-17-10-11-17/h14-18H,1-13H2,(H,24,28)(H,25,29)/t18-/m0/s1. The van der Waals surface area contributed by atoms with E-state index in [1.54, 1.807) is 17.0 Å². The van der Waals surface area contributed by atoms with Gasteiger partial charge in [0.15, 0.2) is 0 Å². The summed E-state index contributed by atoms with van der Waals surface area (Å²) in [4.78, 5) is 38.8. The SMILES string of the molecule is O=C(NC1CCCCCCC1)c1cn(C[C@@H]2CCCO2)cc(C(=O)NC2CC2)c1=O. The van der Waals surface area contributed by atoms with Crippen molar-refractivity contribution in [3.63, 3.8) is 0 Å². The van der Waals surface area contributed by atoms with Crippen molar-refractivity contribution in [2.45, 2.75) is 95.4 Å². The molecule has 7 nitrogen and oxygen atoms in total. The number of aromatic nitrogens is 1. The van der Waals surface area contributed by atoms with Gasteiger partial charge >= 0.3 is 0 Å². The number of carbonyl (C=O) groups is 2. The van der Waals surface area contributed by atoms with Crippen LogP contribution in [0.1, 0.15) is 91.3 Å². The summed E-state index contributed by atoms with van der Waals surface area (Å²) in [5.41, 5.74) is -0.385. The van der Waals surface area contributed by atoms with Crippen molar-refractivity contribution in [3.05, 3.63) is 33.7 Å². The number of nitrogens with one attached hydrogen (secondary N) is 2. The molecule has 4 rings (SSSR count). The van der Waals surface area contributed by atoms with E-state index in [1.807, 2.05) is 0 Å². The molecule has 3 aliphatic rings. The van der Waals surface area contributed by atoms with Gasteiger partial charge in [0.1, 0.15) is 11.1 Å². The maximum Gasteiger partial charge on any atom is 0.256 e. The van der Waals surface area contributed by atoms with Gasteiger partial charge in [-0.05, 0) is 38.5 Å². The van der Waals surface area contributed by atoms with Crippen LogP contribution in [0.15, 0.2) is 17.2 Å². The molecule has 30 heavy (non-hydrogen) atoms. The van der Waals surface area contributed by atoms with Gasteiger partial charge in [0.2, 0.25) is 5.43 Å². The molecule has 0 unspecified atom stereocenters. The largest absolute Gasteiger partial charge is 0.376 e. The number of pyridine rings is 1. The molecule has 0 aromatic carbocycles. The van der Waals surface area contributed by atoms with Crippen LogP contribution in [-0.4, -0.2) is 41.2 Å². The van der Waals surface area contributed by atoms with Crippen LogP contribution in [0.5, 0.6) is 0 Å². The van der Waals surface area contributed by atoms with E-state index in [9.17, 15) is 14.4 Å². The summed E-state index contributed by atoms with van der Waals surface area (Å²) in [6.07, 6.45) is 14.8. The Bertz CT molecular complexity index is 816. The lowest BCUT2D eigenvalue weighted by Crippen LogP contribution is -2.40. The Morgan fingerprint density at radius 3 is 1.93 bits per heavy atom. The smallest absolute Gasteiger partial charge is 0.256 e. The van der Waals surface area contributed by atoms with Crippen LogP contribution >= 0.6 is 0 Å². The van der Waals surface area contributed by atoms with E-state index in [0.717, 1.165) is 58.0 Å². The number of nitrogens with zero attached hydrogens (tertiary/aromatic N) is 1. The Balaban J connectivity index is 1.56. The number of ether oxygens (including phenoxy) is 1. The molecule has 0 bridgehead atoms. The van der Waals surface area contributed by atoms with E-state index >= 15 is 0 Å². The lowest BCUT2D eigenvalue weighted by molar-refractivity contribution is 0.0914. The molecule has 2 heterocycles. The topological polar surface area (TPSA) is 89.4 Å². The molecule has 1 aromatic rings. The highest BCUT2D eigenvalue weighted by Crippen LogP contribution is 2.20. The fraction of sp³-hybridized carbons (Fsp3) is 0.696. The third-order valence-electron chi connectivity index (χ3n) is 6.36. The second-order valence-electron chi connectivity index (χ2n) is 9.01. The average Bonchev–Trinajstić information content (AvgIpc) is 3.37. The van der Waals surface area contributed by atoms with E-state index in [1.165, 1.54) is 19.3 Å². The van der Waals surface area contributed by atoms with Gasteiger partial charge in [-0.3, -0.25) is 14.4 Å². The van der Waals surface area contributed by atoms with Crippen molar-refractivity contribution in [1.82, 2.24) is 15.2 Å². The molecule has 1 aromatic heterocycles. The van der Waals surface area contributed by atoms with Crippen LogP contribution in [0, 0.1) is 0 Å². The van der Waals surface area contributed by atoms with E-state index in [-0.39, 0.29) is 41.1 Å². The van der Waals surface area contributed by atoms with Crippen LogP contribution in [0.4, 0.5) is 0 Å². The maximum atomic E-state index is 13.0. The minimum absolute atomic E-state index is 0.0465. The Hall–Kier alpha value is -2.15. The van der Waals surface area contributed by atoms with Gasteiger partial charge in [-0.15, -0.1) is 0 Å². The van der Waals surface area contributed by atoms with Gasteiger partial charge < -0.3 is 19.9 Å². The summed E-state index contributed by atoms with van der Waals surface area (Å²) in [5, 5.41) is 5.95. The van der Waals surface area contributed by atoms with Crippen LogP contribution < -0.4 is 16.1 Å². The van der Waals surface area contributed by atoms with Crippen LogP contribution in [0.2, 0.25) is 0 Å². The van der Waals surface area contributed by atoms with Gasteiger partial charge in [0, 0.05) is 37.6 Å². The first-order valence-electron chi connectivity index (χ1n) is 11.6. The van der Waals surface area contributed by atoms with E-state index in [2.05, 4.69) is 10.6 Å². The zero-order chi connectivity index (χ0) is 20.9. The Labute approximate surface area is 177 Å². The number of rotatable bonds is 6. The van der Waals surface area contributed by atoms with Gasteiger partial charge in [0.25, 0.3) is 11.8 Å². The van der Waals surface area contributed by atoms with Crippen molar-refractivity contribution in [1.29, 1.82) is 0 Å². The molecule has 164 valence electrons. The van der Waals surface area contributed by atoms with Crippen molar-refractivity contribution in [3.8, 4) is 0 Å². The van der Waals surface area contributed by atoms with Gasteiger partial charge in [-0.1, -0.05) is 32.1 Å². The second-order valence-corrected chi connectivity index (χ2v) is 9.01. The van der Waals surface area contributed by atoms with Crippen LogP contribution in [0.25, 0.3) is 0 Å². The van der Waals surface area contributed by atoms with E-state index < -0.39 is 5.43 Å². The fourth-order valence-corrected chi connectivity index (χ4v) is 4.44. The predicted molar refractivity (Wildman–Crippen MR) is 114 cm³/mol. The first-order valence-corrected chi connectivity index (χ1v) is 11.6. The number of hydrogen-bond acceptors (Lipinski definition) is 4. The molecule has 1 aliphatic heterocycles. The highest BCUT2D eigenvalue weighted by Gasteiger charge is 2.27. The fourth-order valence-electron chi connectivity index (χ4n) is 4.44. The lowest BCUT2D eigenvalue weighted by Gasteiger charge is -2.21. The molecule has 1 atom stereocenters. The summed E-state index contributed by atoms with van der Waals surface area (Å²) in [5.74, 6) is -0.753. The molecular weight excluding hydrogens is 382 g/mol. The number of hydrogen-bond donors (Lipinski definition) is 2. The molecule has 2 aliphatic carbocycles. The minimum Gasteiger partial charge on any atom is -0.376 e. The average molecular weight is 416 g/mol. The third-order valence-corrected chi connectivity index (χ3v) is 6.36. The first kappa shape index (κ1) is 21.1. The molecule has 2 N–H and O–H groups in total. The number of amides is 2. The highest BCUT2D eigenvalue weighted by atomic mass is 16.5. The molecule has 0 radical (unpaired) electrons. The zero-order valence-corrected chi connectivity index (χ0v) is 17.7. The molecule has 2 amide bonds. The van der Waals surface area contributed by atoms with E-state index in [0.29, 0.717) is 6.54 Å². The zero-order valence-electron chi connectivity index (χ0n) is 17.7. The normalized spacial score (nSPS) is 22.9. The Morgan fingerprint density at radius 1 is 0.833 bits per heavy atom. The summed E-state index contributed by atoms with van der Waals surface area (Å²) in [6.45, 7) is 1.27. The summed E-state index contributed by atoms with van der Waals surface area (Å²) < 4.78 is 7.49. The molecule has 2 saturated carbocycles. The predicted octanol–water partition coefficient (Wildman–Crippen LogP) is 2.76. The van der Waals surface area contributed by atoms with Gasteiger partial charge in [-0.25, -0.2) is 0 Å². The Kier molecular flexibility index (Phi) is 6.87. The monoisotopic (exact) mass is 415 g/mol. The van der Waals surface area contributed by atoms with Crippen molar-refractivity contribution in [2.24, 2.45) is 0 Å². The Morgan fingerprint density at radius 2 is 1.40 bits per heavy atom. The molecule has 3 fully saturated rings. The van der Waals surface area contributed by atoms with Crippen molar-refractivity contribution in [2.75, 3.05) is 6.61 Å². The van der Waals surface area contributed by atoms with E-state index in [4.69, 9.17) is 4.74 Å². The molecule has 7 heteroatoms. The van der Waals surface area contributed by atoms with Crippen molar-refractivity contribution < 1.29 is 14.3 Å². The van der Waals surface area contributed by atoms with Gasteiger partial charge in [-0.2, -0.15) is 0 Å². The van der Waals surface area contributed by atoms with Gasteiger partial charge in [0.05, 0.1) is 6.10 Å². The lowest BCUT2D eigenvalue weighted by atomic mass is 9.96. The second kappa shape index (κ2) is 9.77. The third kappa shape index (κ3) is 5.50. The summed E-state index contributed by atoms with van der Waals surface area (Å²) in [7, 11) is 0. The minimum atomic E-state index is -0.486. The first-order chi connectivity index (χ1) is 14.6. The number of carbonyl (C=O) groups excluding carboxylic acids is 2.